The highest BCUT2D eigenvalue weighted by atomic mass is 32.2. The second kappa shape index (κ2) is 7.66. The van der Waals surface area contributed by atoms with Gasteiger partial charge in [-0.2, -0.15) is 4.31 Å². The summed E-state index contributed by atoms with van der Waals surface area (Å²) in [7, 11) is -2.38. The summed E-state index contributed by atoms with van der Waals surface area (Å²) in [6.07, 6.45) is 2.40. The molecular weight excluding hydrogens is 376 g/mol. The summed E-state index contributed by atoms with van der Waals surface area (Å²) in [6, 6.07) is 16.1. The number of hydrogen-bond acceptors (Lipinski definition) is 5. The van der Waals surface area contributed by atoms with E-state index in [1.807, 2.05) is 30.3 Å². The highest BCUT2D eigenvalue weighted by molar-refractivity contribution is 7.89. The fraction of sp³-hybridized carbons (Fsp3) is 0.381. The first kappa shape index (κ1) is 19.1. The van der Waals surface area contributed by atoms with Crippen LogP contribution in [0.3, 0.4) is 0 Å². The molecule has 2 aliphatic rings. The first-order chi connectivity index (χ1) is 13.5. The van der Waals surface area contributed by atoms with Gasteiger partial charge in [-0.05, 0) is 42.7 Å². The normalized spacial score (nSPS) is 21.4. The lowest BCUT2D eigenvalue weighted by atomic mass is 10.0. The molecule has 1 saturated heterocycles. The molecule has 2 fully saturated rings. The van der Waals surface area contributed by atoms with Crippen molar-refractivity contribution < 1.29 is 17.9 Å². The molecule has 1 atom stereocenters. The molecule has 7 heteroatoms. The number of ether oxygens (including phenoxy) is 1. The fourth-order valence-electron chi connectivity index (χ4n) is 3.81. The zero-order valence-corrected chi connectivity index (χ0v) is 16.6. The molecule has 2 aromatic carbocycles. The number of methoxy groups -OCH3 is 1. The van der Waals surface area contributed by atoms with Gasteiger partial charge in [0, 0.05) is 25.7 Å². The van der Waals surface area contributed by atoms with Gasteiger partial charge in [0.2, 0.25) is 10.0 Å². The van der Waals surface area contributed by atoms with E-state index in [2.05, 4.69) is 9.64 Å². The smallest absolute Gasteiger partial charge is 0.337 e. The molecule has 6 nitrogen and oxygen atoms in total. The molecule has 148 valence electrons. The SMILES string of the molecule is COC(=O)c1ccc(S(=O)(=O)N2CCN(C3CC3)CC2c2ccccc2)cc1. The summed E-state index contributed by atoms with van der Waals surface area (Å²) in [5.74, 6) is -0.482. The number of nitrogens with zero attached hydrogens (tertiary/aromatic N) is 2. The Morgan fingerprint density at radius 2 is 1.68 bits per heavy atom. The molecular formula is C21H24N2O4S. The molecule has 1 heterocycles. The summed E-state index contributed by atoms with van der Waals surface area (Å²) in [5, 5.41) is 0. The van der Waals surface area contributed by atoms with Crippen LogP contribution in [0.5, 0.6) is 0 Å². The van der Waals surface area contributed by atoms with E-state index in [4.69, 9.17) is 0 Å². The molecule has 28 heavy (non-hydrogen) atoms. The lowest BCUT2D eigenvalue weighted by Crippen LogP contribution is -2.51. The van der Waals surface area contributed by atoms with Crippen LogP contribution in [0, 0.1) is 0 Å². The standard InChI is InChI=1S/C21H24N2O4S/c1-27-21(24)17-7-11-19(12-8-17)28(25,26)23-14-13-22(18-9-10-18)15-20(23)16-5-3-2-4-6-16/h2-8,11-12,18,20H,9-10,13-15H2,1H3. The molecule has 0 amide bonds. The molecule has 2 aromatic rings. The van der Waals surface area contributed by atoms with Gasteiger partial charge in [-0.1, -0.05) is 30.3 Å². The van der Waals surface area contributed by atoms with Gasteiger partial charge in [0.15, 0.2) is 0 Å². The monoisotopic (exact) mass is 400 g/mol. The zero-order valence-electron chi connectivity index (χ0n) is 15.8. The Kier molecular flexibility index (Phi) is 5.23. The van der Waals surface area contributed by atoms with E-state index in [9.17, 15) is 13.2 Å². The third kappa shape index (κ3) is 3.70. The molecule has 4 rings (SSSR count). The van der Waals surface area contributed by atoms with E-state index >= 15 is 0 Å². The van der Waals surface area contributed by atoms with E-state index in [1.54, 1.807) is 4.31 Å². The molecule has 1 aliphatic heterocycles. The first-order valence-corrected chi connectivity index (χ1v) is 10.9. The van der Waals surface area contributed by atoms with E-state index in [0.717, 1.165) is 12.1 Å². The van der Waals surface area contributed by atoms with Crippen molar-refractivity contribution >= 4 is 16.0 Å². The molecule has 1 aliphatic carbocycles. The number of hydrogen-bond donors (Lipinski definition) is 0. The van der Waals surface area contributed by atoms with Gasteiger partial charge in [-0.25, -0.2) is 13.2 Å². The van der Waals surface area contributed by atoms with E-state index in [1.165, 1.54) is 44.2 Å². The van der Waals surface area contributed by atoms with Crippen LogP contribution >= 0.6 is 0 Å². The van der Waals surface area contributed by atoms with Crippen molar-refractivity contribution in [3.8, 4) is 0 Å². The number of esters is 1. The zero-order chi connectivity index (χ0) is 19.7. The molecule has 0 spiro atoms. The predicted molar refractivity (Wildman–Crippen MR) is 105 cm³/mol. The lowest BCUT2D eigenvalue weighted by Gasteiger charge is -2.41. The maximum absolute atomic E-state index is 13.4. The third-order valence-electron chi connectivity index (χ3n) is 5.49. The Hall–Kier alpha value is -2.22. The molecule has 1 unspecified atom stereocenters. The highest BCUT2D eigenvalue weighted by Gasteiger charge is 2.41. The molecule has 1 saturated carbocycles. The predicted octanol–water partition coefficient (Wildman–Crippen LogP) is 2.68. The van der Waals surface area contributed by atoms with Gasteiger partial charge < -0.3 is 4.74 Å². The minimum absolute atomic E-state index is 0.195. The summed E-state index contributed by atoms with van der Waals surface area (Å²) in [5.41, 5.74) is 1.34. The topological polar surface area (TPSA) is 66.9 Å². The van der Waals surface area contributed by atoms with Gasteiger partial charge >= 0.3 is 5.97 Å². The van der Waals surface area contributed by atoms with Crippen LogP contribution in [0.4, 0.5) is 0 Å². The number of benzene rings is 2. The Balaban J connectivity index is 1.65. The van der Waals surface area contributed by atoms with Crippen molar-refractivity contribution in [2.45, 2.75) is 29.8 Å². The first-order valence-electron chi connectivity index (χ1n) is 9.50. The average Bonchev–Trinajstić information content (AvgIpc) is 3.59. The van der Waals surface area contributed by atoms with Gasteiger partial charge in [0.25, 0.3) is 0 Å². The van der Waals surface area contributed by atoms with Gasteiger partial charge in [-0.3, -0.25) is 4.90 Å². The Morgan fingerprint density at radius 3 is 2.29 bits per heavy atom. The molecule has 0 radical (unpaired) electrons. The van der Waals surface area contributed by atoms with Crippen LogP contribution in [-0.4, -0.2) is 56.4 Å². The van der Waals surface area contributed by atoms with E-state index in [0.29, 0.717) is 24.7 Å². The number of sulfonamides is 1. The summed E-state index contributed by atoms with van der Waals surface area (Å²) >= 11 is 0. The van der Waals surface area contributed by atoms with Crippen molar-refractivity contribution in [3.05, 3.63) is 65.7 Å². The van der Waals surface area contributed by atoms with Gasteiger partial charge in [0.1, 0.15) is 0 Å². The van der Waals surface area contributed by atoms with Crippen LogP contribution in [0.15, 0.2) is 59.5 Å². The van der Waals surface area contributed by atoms with Gasteiger partial charge in [-0.15, -0.1) is 0 Å². The molecule has 0 N–H and O–H groups in total. The Bertz CT molecular complexity index is 940. The van der Waals surface area contributed by atoms with Crippen LogP contribution in [-0.2, 0) is 14.8 Å². The maximum Gasteiger partial charge on any atom is 0.337 e. The summed E-state index contributed by atoms with van der Waals surface area (Å²) in [6.45, 7) is 1.90. The van der Waals surface area contributed by atoms with Crippen LogP contribution in [0.2, 0.25) is 0 Å². The third-order valence-corrected chi connectivity index (χ3v) is 7.41. The second-order valence-electron chi connectivity index (χ2n) is 7.28. The van der Waals surface area contributed by atoms with Crippen LogP contribution in [0.1, 0.15) is 34.8 Å². The fourth-order valence-corrected chi connectivity index (χ4v) is 5.41. The van der Waals surface area contributed by atoms with Crippen LogP contribution < -0.4 is 0 Å². The second-order valence-corrected chi connectivity index (χ2v) is 9.17. The maximum atomic E-state index is 13.4. The van der Waals surface area contributed by atoms with Crippen molar-refractivity contribution in [1.29, 1.82) is 0 Å². The van der Waals surface area contributed by atoms with Gasteiger partial charge in [0.05, 0.1) is 23.6 Å². The van der Waals surface area contributed by atoms with Crippen molar-refractivity contribution in [3.63, 3.8) is 0 Å². The summed E-state index contributed by atoms with van der Waals surface area (Å²) in [4.78, 5) is 14.2. The van der Waals surface area contributed by atoms with E-state index < -0.39 is 16.0 Å². The summed E-state index contributed by atoms with van der Waals surface area (Å²) < 4.78 is 33.1. The van der Waals surface area contributed by atoms with E-state index in [-0.39, 0.29) is 10.9 Å². The number of rotatable bonds is 5. The minimum atomic E-state index is -3.68. The Labute approximate surface area is 165 Å². The quantitative estimate of drug-likeness (QED) is 0.722. The van der Waals surface area contributed by atoms with Crippen molar-refractivity contribution in [2.24, 2.45) is 0 Å². The number of piperazine rings is 1. The van der Waals surface area contributed by atoms with Crippen LogP contribution in [0.25, 0.3) is 0 Å². The number of carbonyl (C=O) groups is 1. The lowest BCUT2D eigenvalue weighted by molar-refractivity contribution is 0.0600. The largest absolute Gasteiger partial charge is 0.465 e. The average molecular weight is 401 g/mol. The number of carbonyl (C=O) groups excluding carboxylic acids is 1. The van der Waals surface area contributed by atoms with Crippen molar-refractivity contribution in [1.82, 2.24) is 9.21 Å². The highest BCUT2D eigenvalue weighted by Crippen LogP contribution is 2.36. The Morgan fingerprint density at radius 1 is 1.00 bits per heavy atom. The minimum Gasteiger partial charge on any atom is -0.465 e. The molecule has 0 aromatic heterocycles. The molecule has 0 bridgehead atoms. The van der Waals surface area contributed by atoms with Crippen molar-refractivity contribution in [2.75, 3.05) is 26.7 Å².